The topological polar surface area (TPSA) is 35.2 Å². The van der Waals surface area contributed by atoms with Crippen molar-refractivity contribution in [2.45, 2.75) is 12.5 Å². The number of ether oxygens (including phenoxy) is 1. The lowest BCUT2D eigenvalue weighted by molar-refractivity contribution is 0.240. The van der Waals surface area contributed by atoms with Gasteiger partial charge in [0.1, 0.15) is 11.9 Å². The largest absolute Gasteiger partial charge is 0.487 e. The lowest BCUT2D eigenvalue weighted by atomic mass is 10.1. The number of hydrogen-bond donors (Lipinski definition) is 1. The van der Waals surface area contributed by atoms with Gasteiger partial charge >= 0.3 is 0 Å². The summed E-state index contributed by atoms with van der Waals surface area (Å²) in [5, 5.41) is 0. The van der Waals surface area contributed by atoms with E-state index in [2.05, 4.69) is 22.0 Å². The van der Waals surface area contributed by atoms with Crippen molar-refractivity contribution >= 4 is 15.9 Å². The molecule has 1 aliphatic heterocycles. The molecule has 3 heteroatoms. The highest BCUT2D eigenvalue weighted by atomic mass is 79.9. The van der Waals surface area contributed by atoms with E-state index in [1.165, 1.54) is 5.56 Å². The van der Waals surface area contributed by atoms with Crippen molar-refractivity contribution in [1.82, 2.24) is 0 Å². The van der Waals surface area contributed by atoms with E-state index in [1.807, 2.05) is 12.1 Å². The summed E-state index contributed by atoms with van der Waals surface area (Å²) in [6, 6.07) is 6.08. The first kappa shape index (κ1) is 8.08. The molecule has 2 nitrogen and oxygen atoms in total. The van der Waals surface area contributed by atoms with Crippen molar-refractivity contribution in [2.24, 2.45) is 5.73 Å². The van der Waals surface area contributed by atoms with Gasteiger partial charge in [0.15, 0.2) is 0 Å². The normalized spacial score (nSPS) is 20.3. The third-order valence-corrected chi connectivity index (χ3v) is 2.67. The van der Waals surface area contributed by atoms with Crippen LogP contribution in [0.4, 0.5) is 0 Å². The van der Waals surface area contributed by atoms with Crippen LogP contribution in [0.15, 0.2) is 22.7 Å². The van der Waals surface area contributed by atoms with E-state index in [0.29, 0.717) is 6.54 Å². The molecule has 1 unspecified atom stereocenters. The molecule has 1 heterocycles. The number of nitrogens with two attached hydrogens (primary N) is 1. The van der Waals surface area contributed by atoms with E-state index in [-0.39, 0.29) is 6.10 Å². The standard InChI is InChI=1S/C9H10BrNO/c10-8-3-1-2-6-4-7(5-11)12-9(6)8/h1-3,7H,4-5,11H2. The molecule has 0 amide bonds. The first-order chi connectivity index (χ1) is 5.81. The molecule has 1 aliphatic rings. The fourth-order valence-electron chi connectivity index (χ4n) is 1.43. The van der Waals surface area contributed by atoms with Gasteiger partial charge in [-0.15, -0.1) is 0 Å². The molecule has 0 saturated carbocycles. The first-order valence-corrected chi connectivity index (χ1v) is 4.74. The third kappa shape index (κ3) is 1.23. The molecule has 64 valence electrons. The van der Waals surface area contributed by atoms with Crippen LogP contribution in [-0.2, 0) is 6.42 Å². The average molecular weight is 228 g/mol. The Morgan fingerprint density at radius 3 is 3.08 bits per heavy atom. The van der Waals surface area contributed by atoms with Crippen LogP contribution < -0.4 is 10.5 Å². The minimum absolute atomic E-state index is 0.165. The van der Waals surface area contributed by atoms with Crippen LogP contribution in [0.2, 0.25) is 0 Å². The summed E-state index contributed by atoms with van der Waals surface area (Å²) in [5.41, 5.74) is 6.77. The highest BCUT2D eigenvalue weighted by Gasteiger charge is 2.22. The third-order valence-electron chi connectivity index (χ3n) is 2.04. The number of halogens is 1. The van der Waals surface area contributed by atoms with E-state index in [4.69, 9.17) is 10.5 Å². The molecule has 0 aromatic heterocycles. The van der Waals surface area contributed by atoms with Crippen LogP contribution in [0.5, 0.6) is 5.75 Å². The zero-order valence-corrected chi connectivity index (χ0v) is 8.17. The van der Waals surface area contributed by atoms with Crippen molar-refractivity contribution in [2.75, 3.05) is 6.54 Å². The number of para-hydroxylation sites is 1. The van der Waals surface area contributed by atoms with Gasteiger partial charge in [0.25, 0.3) is 0 Å². The van der Waals surface area contributed by atoms with Crippen LogP contribution in [0.1, 0.15) is 5.56 Å². The van der Waals surface area contributed by atoms with Crippen LogP contribution in [0.25, 0.3) is 0 Å². The van der Waals surface area contributed by atoms with Gasteiger partial charge in [0.2, 0.25) is 0 Å². The van der Waals surface area contributed by atoms with E-state index in [1.54, 1.807) is 0 Å². The highest BCUT2D eigenvalue weighted by Crippen LogP contribution is 2.35. The Morgan fingerprint density at radius 2 is 2.42 bits per heavy atom. The van der Waals surface area contributed by atoms with Crippen molar-refractivity contribution in [3.05, 3.63) is 28.2 Å². The van der Waals surface area contributed by atoms with Crippen molar-refractivity contribution in [3.63, 3.8) is 0 Å². The van der Waals surface area contributed by atoms with Gasteiger partial charge in [-0.1, -0.05) is 12.1 Å². The lowest BCUT2D eigenvalue weighted by Crippen LogP contribution is -2.24. The Hall–Kier alpha value is -0.540. The zero-order valence-electron chi connectivity index (χ0n) is 6.59. The molecule has 0 aliphatic carbocycles. The van der Waals surface area contributed by atoms with Gasteiger partial charge in [-0.05, 0) is 27.6 Å². The summed E-state index contributed by atoms with van der Waals surface area (Å²) < 4.78 is 6.64. The molecule has 0 saturated heterocycles. The molecule has 12 heavy (non-hydrogen) atoms. The minimum atomic E-state index is 0.165. The van der Waals surface area contributed by atoms with Crippen LogP contribution in [0, 0.1) is 0 Å². The second-order valence-corrected chi connectivity index (χ2v) is 3.76. The quantitative estimate of drug-likeness (QED) is 0.794. The van der Waals surface area contributed by atoms with Crippen LogP contribution in [-0.4, -0.2) is 12.6 Å². The average Bonchev–Trinajstić information content (AvgIpc) is 2.49. The fourth-order valence-corrected chi connectivity index (χ4v) is 1.93. The van der Waals surface area contributed by atoms with Crippen LogP contribution >= 0.6 is 15.9 Å². The van der Waals surface area contributed by atoms with Crippen molar-refractivity contribution in [1.29, 1.82) is 0 Å². The molecule has 0 bridgehead atoms. The van der Waals surface area contributed by atoms with E-state index in [9.17, 15) is 0 Å². The van der Waals surface area contributed by atoms with Gasteiger partial charge in [-0.25, -0.2) is 0 Å². The van der Waals surface area contributed by atoms with Gasteiger partial charge < -0.3 is 10.5 Å². The molecular formula is C9H10BrNO. The molecule has 0 fully saturated rings. The Bertz CT molecular complexity index is 301. The predicted octanol–water partition coefficient (Wildman–Crippen LogP) is 1.71. The van der Waals surface area contributed by atoms with Crippen molar-refractivity contribution in [3.8, 4) is 5.75 Å². The minimum Gasteiger partial charge on any atom is -0.487 e. The number of benzene rings is 1. The summed E-state index contributed by atoms with van der Waals surface area (Å²) in [4.78, 5) is 0. The van der Waals surface area contributed by atoms with Gasteiger partial charge in [-0.3, -0.25) is 0 Å². The maximum atomic E-state index is 5.61. The number of fused-ring (bicyclic) bond motifs is 1. The van der Waals surface area contributed by atoms with Gasteiger partial charge in [0.05, 0.1) is 4.47 Å². The summed E-state index contributed by atoms with van der Waals surface area (Å²) in [7, 11) is 0. The van der Waals surface area contributed by atoms with E-state index >= 15 is 0 Å². The second-order valence-electron chi connectivity index (χ2n) is 2.91. The number of rotatable bonds is 1. The molecule has 1 atom stereocenters. The zero-order chi connectivity index (χ0) is 8.55. The Morgan fingerprint density at radius 1 is 1.58 bits per heavy atom. The van der Waals surface area contributed by atoms with Gasteiger partial charge in [0, 0.05) is 13.0 Å². The molecule has 1 aromatic rings. The summed E-state index contributed by atoms with van der Waals surface area (Å²) in [6.07, 6.45) is 1.10. The summed E-state index contributed by atoms with van der Waals surface area (Å²) in [5.74, 6) is 0.966. The van der Waals surface area contributed by atoms with Crippen molar-refractivity contribution < 1.29 is 4.74 Å². The smallest absolute Gasteiger partial charge is 0.137 e. The second kappa shape index (κ2) is 3.07. The molecule has 2 rings (SSSR count). The maximum absolute atomic E-state index is 5.61. The molecule has 1 aromatic carbocycles. The Kier molecular flexibility index (Phi) is 2.07. The Balaban J connectivity index is 2.35. The fraction of sp³-hybridized carbons (Fsp3) is 0.333. The van der Waals surface area contributed by atoms with E-state index < -0.39 is 0 Å². The number of hydrogen-bond acceptors (Lipinski definition) is 2. The lowest BCUT2D eigenvalue weighted by Gasteiger charge is -2.06. The monoisotopic (exact) mass is 227 g/mol. The first-order valence-electron chi connectivity index (χ1n) is 3.95. The summed E-state index contributed by atoms with van der Waals surface area (Å²) in [6.45, 7) is 0.584. The maximum Gasteiger partial charge on any atom is 0.137 e. The summed E-state index contributed by atoms with van der Waals surface area (Å²) >= 11 is 3.44. The molecule has 0 spiro atoms. The van der Waals surface area contributed by atoms with Gasteiger partial charge in [-0.2, -0.15) is 0 Å². The Labute approximate surface area is 79.8 Å². The van der Waals surface area contributed by atoms with E-state index in [0.717, 1.165) is 16.6 Å². The molecule has 2 N–H and O–H groups in total. The highest BCUT2D eigenvalue weighted by molar-refractivity contribution is 9.10. The molecular weight excluding hydrogens is 218 g/mol. The van der Waals surface area contributed by atoms with Crippen LogP contribution in [0.3, 0.4) is 0 Å². The molecule has 0 radical (unpaired) electrons. The SMILES string of the molecule is NCC1Cc2cccc(Br)c2O1. The predicted molar refractivity (Wildman–Crippen MR) is 51.3 cm³/mol.